The minimum Gasteiger partial charge on any atom is -0.484 e. The topological polar surface area (TPSA) is 94.8 Å². The Morgan fingerprint density at radius 3 is 2.69 bits per heavy atom. The monoisotopic (exact) mass is 413 g/mol. The van der Waals surface area contributed by atoms with Gasteiger partial charge in [-0.2, -0.15) is 0 Å². The molecule has 0 aliphatic rings. The summed E-state index contributed by atoms with van der Waals surface area (Å²) in [5.41, 5.74) is 1.27. The van der Waals surface area contributed by atoms with Crippen LogP contribution in [0, 0.1) is 0 Å². The fourth-order valence-electron chi connectivity index (χ4n) is 2.59. The number of hydrogen-bond donors (Lipinski definition) is 1. The lowest BCUT2D eigenvalue weighted by Crippen LogP contribution is -2.21. The molecule has 3 rings (SSSR count). The van der Waals surface area contributed by atoms with Crippen LogP contribution < -0.4 is 10.1 Å². The predicted octanol–water partition coefficient (Wildman–Crippen LogP) is 4.40. The lowest BCUT2D eigenvalue weighted by atomic mass is 10.1. The molecule has 0 radical (unpaired) electrons. The number of esters is 1. The number of nitrogens with one attached hydrogen (secondary N) is 1. The number of furan rings is 1. The van der Waals surface area contributed by atoms with E-state index in [0.717, 1.165) is 0 Å². The van der Waals surface area contributed by atoms with Gasteiger partial charge in [-0.05, 0) is 38.1 Å². The molecule has 0 atom stereocenters. The summed E-state index contributed by atoms with van der Waals surface area (Å²) < 4.78 is 16.0. The largest absolute Gasteiger partial charge is 0.484 e. The number of hydrogen-bond acceptors (Lipinski definition) is 7. The molecule has 2 aromatic heterocycles. The third-order valence-electron chi connectivity index (χ3n) is 3.92. The van der Waals surface area contributed by atoms with Crippen molar-refractivity contribution < 1.29 is 28.3 Å². The third-order valence-corrected chi connectivity index (χ3v) is 4.82. The molecule has 1 aromatic carbocycles. The molecule has 0 spiro atoms. The van der Waals surface area contributed by atoms with Gasteiger partial charge in [0.2, 0.25) is 0 Å². The van der Waals surface area contributed by atoms with E-state index in [2.05, 4.69) is 5.32 Å². The summed E-state index contributed by atoms with van der Waals surface area (Å²) in [7, 11) is 0. The van der Waals surface area contributed by atoms with Crippen molar-refractivity contribution in [2.24, 2.45) is 0 Å². The Labute approximate surface area is 171 Å². The highest BCUT2D eigenvalue weighted by molar-refractivity contribution is 7.15. The molecule has 0 saturated carbocycles. The Morgan fingerprint density at radius 1 is 1.17 bits per heavy atom. The Hall–Kier alpha value is -3.39. The number of Topliss-reactive ketones (excluding diaryl/α,β-unsaturated/α-hetero) is 1. The van der Waals surface area contributed by atoms with Crippen LogP contribution in [0.15, 0.2) is 52.5 Å². The highest BCUT2D eigenvalue weighted by Crippen LogP contribution is 2.36. The molecule has 0 saturated heterocycles. The fourth-order valence-corrected chi connectivity index (χ4v) is 3.54. The molecule has 29 heavy (non-hydrogen) atoms. The number of rotatable bonds is 8. The predicted molar refractivity (Wildman–Crippen MR) is 109 cm³/mol. The normalized spacial score (nSPS) is 10.4. The average Bonchev–Trinajstić information content (AvgIpc) is 3.36. The molecule has 3 aromatic rings. The SMILES string of the molecule is CCOC(=O)c1c(-c2ccco2)csc1NC(=O)COc1cccc(C(C)=O)c1. The Bertz CT molecular complexity index is 1020. The number of benzene rings is 1. The second kappa shape index (κ2) is 9.20. The highest BCUT2D eigenvalue weighted by Gasteiger charge is 2.24. The summed E-state index contributed by atoms with van der Waals surface area (Å²) in [6.45, 7) is 3.08. The molecule has 150 valence electrons. The van der Waals surface area contributed by atoms with E-state index in [1.54, 1.807) is 48.7 Å². The molecule has 0 fully saturated rings. The van der Waals surface area contributed by atoms with Gasteiger partial charge in [0.1, 0.15) is 22.1 Å². The van der Waals surface area contributed by atoms with Crippen molar-refractivity contribution in [3.8, 4) is 17.1 Å². The number of ether oxygens (including phenoxy) is 2. The van der Waals surface area contributed by atoms with Gasteiger partial charge in [0, 0.05) is 16.5 Å². The average molecular weight is 413 g/mol. The Kier molecular flexibility index (Phi) is 6.46. The van der Waals surface area contributed by atoms with Crippen LogP contribution in [0.1, 0.15) is 34.6 Å². The maximum Gasteiger partial charge on any atom is 0.341 e. The maximum absolute atomic E-state index is 12.4. The van der Waals surface area contributed by atoms with E-state index in [1.165, 1.54) is 24.5 Å². The van der Waals surface area contributed by atoms with Crippen LogP contribution in [-0.2, 0) is 9.53 Å². The molecule has 0 aliphatic carbocycles. The van der Waals surface area contributed by atoms with Crippen LogP contribution in [0.3, 0.4) is 0 Å². The zero-order chi connectivity index (χ0) is 20.8. The number of thiophene rings is 1. The van der Waals surface area contributed by atoms with E-state index < -0.39 is 11.9 Å². The van der Waals surface area contributed by atoms with Crippen molar-refractivity contribution in [1.82, 2.24) is 0 Å². The van der Waals surface area contributed by atoms with E-state index in [-0.39, 0.29) is 24.6 Å². The van der Waals surface area contributed by atoms with Crippen LogP contribution in [0.25, 0.3) is 11.3 Å². The summed E-state index contributed by atoms with van der Waals surface area (Å²) in [6, 6.07) is 10.0. The van der Waals surface area contributed by atoms with E-state index in [0.29, 0.717) is 27.6 Å². The van der Waals surface area contributed by atoms with E-state index in [9.17, 15) is 14.4 Å². The van der Waals surface area contributed by atoms with Gasteiger partial charge in [0.05, 0.1) is 12.9 Å². The summed E-state index contributed by atoms with van der Waals surface area (Å²) >= 11 is 1.19. The number of carbonyl (C=O) groups excluding carboxylic acids is 3. The van der Waals surface area contributed by atoms with Gasteiger partial charge in [-0.1, -0.05) is 12.1 Å². The summed E-state index contributed by atoms with van der Waals surface area (Å²) in [6.07, 6.45) is 1.50. The standard InChI is InChI=1S/C21H19NO6S/c1-3-26-21(25)19-16(17-8-5-9-27-17)12-29-20(19)22-18(24)11-28-15-7-4-6-14(10-15)13(2)23/h4-10,12H,3,11H2,1-2H3,(H,22,24). The molecular weight excluding hydrogens is 394 g/mol. The zero-order valence-corrected chi connectivity index (χ0v) is 16.7. The first-order chi connectivity index (χ1) is 14.0. The smallest absolute Gasteiger partial charge is 0.341 e. The summed E-state index contributed by atoms with van der Waals surface area (Å²) in [5.74, 6) is -0.187. The first-order valence-corrected chi connectivity index (χ1v) is 9.73. The number of anilines is 1. The van der Waals surface area contributed by atoms with E-state index in [1.807, 2.05) is 0 Å². The first-order valence-electron chi connectivity index (χ1n) is 8.85. The molecule has 0 bridgehead atoms. The molecule has 7 nitrogen and oxygen atoms in total. The molecule has 0 unspecified atom stereocenters. The number of ketones is 1. The number of carbonyl (C=O) groups is 3. The Morgan fingerprint density at radius 2 is 2.00 bits per heavy atom. The van der Waals surface area contributed by atoms with Crippen LogP contribution in [0.5, 0.6) is 5.75 Å². The Balaban J connectivity index is 1.74. The van der Waals surface area contributed by atoms with Gasteiger partial charge in [0.15, 0.2) is 12.4 Å². The number of amides is 1. The summed E-state index contributed by atoms with van der Waals surface area (Å²) in [5, 5.41) is 4.75. The summed E-state index contributed by atoms with van der Waals surface area (Å²) in [4.78, 5) is 36.2. The van der Waals surface area contributed by atoms with Gasteiger partial charge in [0.25, 0.3) is 5.91 Å². The van der Waals surface area contributed by atoms with Gasteiger partial charge < -0.3 is 19.2 Å². The molecular formula is C21H19NO6S. The van der Waals surface area contributed by atoms with Crippen LogP contribution in [0.2, 0.25) is 0 Å². The van der Waals surface area contributed by atoms with Crippen molar-refractivity contribution in [2.45, 2.75) is 13.8 Å². The second-order valence-electron chi connectivity index (χ2n) is 5.97. The van der Waals surface area contributed by atoms with E-state index in [4.69, 9.17) is 13.9 Å². The van der Waals surface area contributed by atoms with Crippen molar-refractivity contribution in [1.29, 1.82) is 0 Å². The highest BCUT2D eigenvalue weighted by atomic mass is 32.1. The van der Waals surface area contributed by atoms with Gasteiger partial charge >= 0.3 is 5.97 Å². The molecule has 1 N–H and O–H groups in total. The van der Waals surface area contributed by atoms with Crippen LogP contribution >= 0.6 is 11.3 Å². The molecule has 2 heterocycles. The quantitative estimate of drug-likeness (QED) is 0.434. The van der Waals surface area contributed by atoms with Crippen molar-refractivity contribution in [3.05, 3.63) is 59.2 Å². The maximum atomic E-state index is 12.4. The van der Waals surface area contributed by atoms with Gasteiger partial charge in [-0.25, -0.2) is 4.79 Å². The minimum absolute atomic E-state index is 0.0944. The van der Waals surface area contributed by atoms with Crippen molar-refractivity contribution >= 4 is 34.0 Å². The van der Waals surface area contributed by atoms with Crippen molar-refractivity contribution in [3.63, 3.8) is 0 Å². The van der Waals surface area contributed by atoms with Crippen molar-refractivity contribution in [2.75, 3.05) is 18.5 Å². The third kappa shape index (κ3) is 4.91. The zero-order valence-electron chi connectivity index (χ0n) is 15.9. The lowest BCUT2D eigenvalue weighted by molar-refractivity contribution is -0.118. The molecule has 0 aliphatic heterocycles. The first kappa shape index (κ1) is 20.3. The fraction of sp³-hybridized carbons (Fsp3) is 0.190. The lowest BCUT2D eigenvalue weighted by Gasteiger charge is -2.09. The van der Waals surface area contributed by atoms with Gasteiger partial charge in [-0.3, -0.25) is 9.59 Å². The van der Waals surface area contributed by atoms with E-state index >= 15 is 0 Å². The van der Waals surface area contributed by atoms with Crippen LogP contribution in [0.4, 0.5) is 5.00 Å². The molecule has 8 heteroatoms. The van der Waals surface area contributed by atoms with Crippen LogP contribution in [-0.4, -0.2) is 30.9 Å². The minimum atomic E-state index is -0.550. The van der Waals surface area contributed by atoms with Gasteiger partial charge in [-0.15, -0.1) is 11.3 Å². The molecule has 1 amide bonds. The second-order valence-corrected chi connectivity index (χ2v) is 6.85.